The number of hydrogen-bond acceptors (Lipinski definition) is 5. The molecule has 0 atom stereocenters. The van der Waals surface area contributed by atoms with Gasteiger partial charge in [0.2, 0.25) is 6.79 Å². The van der Waals surface area contributed by atoms with Gasteiger partial charge in [-0.1, -0.05) is 0 Å². The Morgan fingerprint density at radius 2 is 2.00 bits per heavy atom. The van der Waals surface area contributed by atoms with E-state index in [1.807, 2.05) is 0 Å². The Hall–Kier alpha value is -2.63. The lowest BCUT2D eigenvalue weighted by molar-refractivity contribution is 0.174. The summed E-state index contributed by atoms with van der Waals surface area (Å²) in [5, 5.41) is 13.0. The fourth-order valence-electron chi connectivity index (χ4n) is 2.08. The van der Waals surface area contributed by atoms with Crippen molar-refractivity contribution in [3.05, 3.63) is 41.7 Å². The first-order valence-electron chi connectivity index (χ1n) is 6.36. The van der Waals surface area contributed by atoms with E-state index in [1.54, 1.807) is 18.2 Å². The molecule has 1 aliphatic rings. The van der Waals surface area contributed by atoms with Crippen molar-refractivity contribution >= 4 is 5.69 Å². The molecule has 0 saturated heterocycles. The number of nitrogens with one attached hydrogen (secondary N) is 1. The maximum Gasteiger partial charge on any atom is 0.231 e. The summed E-state index contributed by atoms with van der Waals surface area (Å²) >= 11 is 0. The molecule has 0 aromatic heterocycles. The third-order valence-corrected chi connectivity index (χ3v) is 3.21. The van der Waals surface area contributed by atoms with Crippen LogP contribution in [0, 0.1) is 5.82 Å². The molecule has 2 aromatic rings. The number of anilines is 1. The lowest BCUT2D eigenvalue weighted by Gasteiger charge is -2.10. The van der Waals surface area contributed by atoms with Crippen molar-refractivity contribution in [2.45, 2.75) is 6.54 Å². The maximum absolute atomic E-state index is 13.3. The summed E-state index contributed by atoms with van der Waals surface area (Å²) < 4.78 is 28.7. The second-order valence-electron chi connectivity index (χ2n) is 4.54. The standard InChI is InChI=1S/C15H14FNO4/c1-19-13-5-10(2-3-11(13)16)17-7-9-4-14-15(6-12(9)18)21-8-20-14/h2-6,17-18H,7-8H2,1H3. The number of phenolic OH excluding ortho intramolecular Hbond substituents is 1. The highest BCUT2D eigenvalue weighted by molar-refractivity contribution is 5.54. The van der Waals surface area contributed by atoms with Gasteiger partial charge in [0.1, 0.15) is 5.75 Å². The minimum Gasteiger partial charge on any atom is -0.507 e. The molecule has 0 unspecified atom stereocenters. The van der Waals surface area contributed by atoms with Crippen LogP contribution < -0.4 is 19.5 Å². The van der Waals surface area contributed by atoms with Gasteiger partial charge in [-0.2, -0.15) is 0 Å². The molecule has 0 amide bonds. The molecular weight excluding hydrogens is 277 g/mol. The van der Waals surface area contributed by atoms with Gasteiger partial charge in [-0.25, -0.2) is 4.39 Å². The summed E-state index contributed by atoms with van der Waals surface area (Å²) in [6, 6.07) is 7.71. The maximum atomic E-state index is 13.3. The highest BCUT2D eigenvalue weighted by Crippen LogP contribution is 2.37. The van der Waals surface area contributed by atoms with Crippen LogP contribution in [0.2, 0.25) is 0 Å². The number of benzene rings is 2. The number of rotatable bonds is 4. The summed E-state index contributed by atoms with van der Waals surface area (Å²) in [4.78, 5) is 0. The van der Waals surface area contributed by atoms with E-state index in [9.17, 15) is 9.50 Å². The molecule has 5 nitrogen and oxygen atoms in total. The highest BCUT2D eigenvalue weighted by atomic mass is 19.1. The number of aromatic hydroxyl groups is 1. The first-order chi connectivity index (χ1) is 10.2. The quantitative estimate of drug-likeness (QED) is 0.907. The Balaban J connectivity index is 1.76. The molecule has 1 heterocycles. The molecule has 110 valence electrons. The lowest BCUT2D eigenvalue weighted by Crippen LogP contribution is -2.00. The number of methoxy groups -OCH3 is 1. The van der Waals surface area contributed by atoms with E-state index in [1.165, 1.54) is 19.2 Å². The molecule has 6 heteroatoms. The minimum absolute atomic E-state index is 0.112. The Labute approximate surface area is 120 Å². The second kappa shape index (κ2) is 5.40. The fraction of sp³-hybridized carbons (Fsp3) is 0.200. The van der Waals surface area contributed by atoms with Crippen LogP contribution in [0.3, 0.4) is 0 Å². The Morgan fingerprint density at radius 1 is 1.24 bits per heavy atom. The Bertz CT molecular complexity index is 675. The minimum atomic E-state index is -0.422. The van der Waals surface area contributed by atoms with Crippen molar-refractivity contribution in [3.63, 3.8) is 0 Å². The average Bonchev–Trinajstić information content (AvgIpc) is 2.93. The molecule has 1 aliphatic heterocycles. The predicted octanol–water partition coefficient (Wildman–Crippen LogP) is 2.88. The van der Waals surface area contributed by atoms with Gasteiger partial charge >= 0.3 is 0 Å². The Kier molecular flexibility index (Phi) is 3.43. The van der Waals surface area contributed by atoms with Crippen LogP contribution >= 0.6 is 0 Å². The molecule has 21 heavy (non-hydrogen) atoms. The molecule has 2 aromatic carbocycles. The zero-order valence-corrected chi connectivity index (χ0v) is 11.4. The highest BCUT2D eigenvalue weighted by Gasteiger charge is 2.16. The van der Waals surface area contributed by atoms with Crippen molar-refractivity contribution in [2.24, 2.45) is 0 Å². The second-order valence-corrected chi connectivity index (χ2v) is 4.54. The van der Waals surface area contributed by atoms with Crippen molar-refractivity contribution in [1.29, 1.82) is 0 Å². The van der Waals surface area contributed by atoms with Crippen molar-refractivity contribution in [1.82, 2.24) is 0 Å². The summed E-state index contributed by atoms with van der Waals surface area (Å²) in [6.45, 7) is 0.512. The van der Waals surface area contributed by atoms with Gasteiger partial charge in [-0.05, 0) is 18.2 Å². The largest absolute Gasteiger partial charge is 0.507 e. The lowest BCUT2D eigenvalue weighted by atomic mass is 10.1. The average molecular weight is 291 g/mol. The fourth-order valence-corrected chi connectivity index (χ4v) is 2.08. The van der Waals surface area contributed by atoms with Gasteiger partial charge in [-0.3, -0.25) is 0 Å². The molecule has 0 fully saturated rings. The van der Waals surface area contributed by atoms with Gasteiger partial charge in [0, 0.05) is 29.9 Å². The van der Waals surface area contributed by atoms with Gasteiger partial charge in [0.05, 0.1) is 7.11 Å². The molecular formula is C15H14FNO4. The van der Waals surface area contributed by atoms with Crippen LogP contribution in [0.15, 0.2) is 30.3 Å². The van der Waals surface area contributed by atoms with Crippen LogP contribution in [0.25, 0.3) is 0 Å². The molecule has 0 saturated carbocycles. The van der Waals surface area contributed by atoms with E-state index in [4.69, 9.17) is 14.2 Å². The monoisotopic (exact) mass is 291 g/mol. The zero-order valence-electron chi connectivity index (χ0n) is 11.4. The molecule has 0 bridgehead atoms. The summed E-state index contributed by atoms with van der Waals surface area (Å²) in [7, 11) is 1.41. The first kappa shape index (κ1) is 13.4. The van der Waals surface area contributed by atoms with E-state index < -0.39 is 5.82 Å². The van der Waals surface area contributed by atoms with Crippen LogP contribution in [0.4, 0.5) is 10.1 Å². The van der Waals surface area contributed by atoms with Crippen molar-refractivity contribution in [2.75, 3.05) is 19.2 Å². The number of phenols is 1. The van der Waals surface area contributed by atoms with Crippen molar-refractivity contribution in [3.8, 4) is 23.0 Å². The number of hydrogen-bond donors (Lipinski definition) is 2. The third-order valence-electron chi connectivity index (χ3n) is 3.21. The van der Waals surface area contributed by atoms with E-state index >= 15 is 0 Å². The Morgan fingerprint density at radius 3 is 2.76 bits per heavy atom. The van der Waals surface area contributed by atoms with Crippen LogP contribution in [-0.2, 0) is 6.54 Å². The third kappa shape index (κ3) is 2.65. The molecule has 2 N–H and O–H groups in total. The van der Waals surface area contributed by atoms with Crippen LogP contribution in [0.1, 0.15) is 5.56 Å². The summed E-state index contributed by atoms with van der Waals surface area (Å²) in [6.07, 6.45) is 0. The molecule has 0 aliphatic carbocycles. The zero-order chi connectivity index (χ0) is 14.8. The van der Waals surface area contributed by atoms with E-state index in [-0.39, 0.29) is 18.3 Å². The number of ether oxygens (including phenoxy) is 3. The molecule has 0 spiro atoms. The molecule has 0 radical (unpaired) electrons. The van der Waals surface area contributed by atoms with Gasteiger partial charge in [0.15, 0.2) is 23.1 Å². The SMILES string of the molecule is COc1cc(NCc2cc3c(cc2O)OCO3)ccc1F. The van der Waals surface area contributed by atoms with E-state index in [0.29, 0.717) is 29.3 Å². The van der Waals surface area contributed by atoms with Gasteiger partial charge in [-0.15, -0.1) is 0 Å². The molecule has 3 rings (SSSR count). The number of halogens is 1. The number of fused-ring (bicyclic) bond motifs is 1. The van der Waals surface area contributed by atoms with E-state index in [2.05, 4.69) is 5.32 Å². The predicted molar refractivity (Wildman–Crippen MR) is 74.5 cm³/mol. The smallest absolute Gasteiger partial charge is 0.231 e. The normalized spacial score (nSPS) is 12.3. The summed E-state index contributed by atoms with van der Waals surface area (Å²) in [5.41, 5.74) is 1.34. The first-order valence-corrected chi connectivity index (χ1v) is 6.36. The summed E-state index contributed by atoms with van der Waals surface area (Å²) in [5.74, 6) is 0.978. The van der Waals surface area contributed by atoms with E-state index in [0.717, 1.165) is 0 Å². The topological polar surface area (TPSA) is 60.0 Å². The van der Waals surface area contributed by atoms with Crippen LogP contribution in [-0.4, -0.2) is 19.0 Å². The van der Waals surface area contributed by atoms with Crippen LogP contribution in [0.5, 0.6) is 23.0 Å². The van der Waals surface area contributed by atoms with Gasteiger partial charge < -0.3 is 24.6 Å². The van der Waals surface area contributed by atoms with Crippen molar-refractivity contribution < 1.29 is 23.7 Å². The van der Waals surface area contributed by atoms with Gasteiger partial charge in [0.25, 0.3) is 0 Å².